The van der Waals surface area contributed by atoms with Gasteiger partial charge in [-0.05, 0) is 151 Å². The standard InChI is InChI=1S/C24H27N5O.C20H19N5O.C19H15ClFN5O2.C19H17N5O2.C17H15N5O2S/c1-5-16-8-6-7-9-20(16)25-15-19-14-21(30)29-23(26-19)27-22(28-29)17-10-12-18(13-11-17)24(2,3)4;1-13-7-9-15(10-8-13)21-12-16-11-18(26)25-20(22-16)23-19(24-25)17-6-4-3-5-14(17)2;1-28-16-7-4-12(20)8-15(16)22-10-14-9-17(27)26-19(23-14)24-18(25-26)11-2-5-13(21)6-3-11;1-26-16-9-7-14(8-10-16)20-12-15-11-17(25)24-19(21-15)22-18(23-24)13-5-3-2-4-6-13;1-24-13-6-3-2-5-12(13)18-10-11-9-15(23)22-17(19-11)20-16(21-22)14-7-4-8-25-14/h6-14,25H,5,15H2,1-4H3,(H,26,27,28);3-11,21H,12H2,1-2H3,(H,22,23,24);2-9,22H,10H2,1H3,(H,23,24,25);2-11,20H,12H2,1H3,(H,21,22,23);2-9,18H,10H2,1H3,(H,19,20,21). The fourth-order valence-corrected chi connectivity index (χ4v) is 15.1. The number of benzene rings is 9. The average molecular weight is 1850 g/mol. The van der Waals surface area contributed by atoms with E-state index in [2.05, 4.69) is 148 Å². The summed E-state index contributed by atoms with van der Waals surface area (Å²) in [6, 6.07) is 79.5. The molecule has 135 heavy (non-hydrogen) atoms. The van der Waals surface area contributed by atoms with Crippen LogP contribution in [0.4, 0.5) is 32.8 Å². The lowest BCUT2D eigenvalue weighted by Crippen LogP contribution is -2.17. The molecule has 0 saturated heterocycles. The molecule has 0 aliphatic rings. The van der Waals surface area contributed by atoms with Crippen molar-refractivity contribution in [1.29, 1.82) is 0 Å². The molecule has 0 unspecified atom stereocenters. The number of methoxy groups -OCH3 is 3. The van der Waals surface area contributed by atoms with Crippen LogP contribution in [0.5, 0.6) is 17.2 Å². The topological polar surface area (TPSA) is 403 Å². The van der Waals surface area contributed by atoms with Gasteiger partial charge >= 0.3 is 0 Å². The number of anilines is 5. The molecule has 20 rings (SSSR count). The molecular weight excluding hydrogens is 1750 g/mol. The van der Waals surface area contributed by atoms with E-state index in [-0.39, 0.29) is 51.4 Å². The van der Waals surface area contributed by atoms with Crippen molar-refractivity contribution in [3.05, 3.63) is 380 Å². The first-order chi connectivity index (χ1) is 65.4. The van der Waals surface area contributed by atoms with Crippen molar-refractivity contribution in [2.75, 3.05) is 47.9 Å². The van der Waals surface area contributed by atoms with E-state index in [0.29, 0.717) is 129 Å². The molecule has 20 aromatic rings. The summed E-state index contributed by atoms with van der Waals surface area (Å²) in [5.74, 6) is 6.40. The Morgan fingerprint density at radius 3 is 1.25 bits per heavy atom. The molecular formula is C99H93ClFN25O8S. The third-order valence-corrected chi connectivity index (χ3v) is 22.5. The Balaban J connectivity index is 0.000000123. The fourth-order valence-electron chi connectivity index (χ4n) is 14.2. The van der Waals surface area contributed by atoms with Gasteiger partial charge in [0.05, 0.1) is 98.8 Å². The predicted octanol–water partition coefficient (Wildman–Crippen LogP) is 16.8. The van der Waals surface area contributed by atoms with E-state index < -0.39 is 0 Å². The zero-order valence-corrected chi connectivity index (χ0v) is 76.4. The van der Waals surface area contributed by atoms with E-state index in [1.807, 2.05) is 189 Å². The van der Waals surface area contributed by atoms with Gasteiger partial charge in [0.1, 0.15) is 23.1 Å². The van der Waals surface area contributed by atoms with Crippen molar-refractivity contribution in [3.8, 4) is 73.5 Å². The lowest BCUT2D eigenvalue weighted by Gasteiger charge is -2.18. The third kappa shape index (κ3) is 22.4. The van der Waals surface area contributed by atoms with E-state index >= 15 is 0 Å². The van der Waals surface area contributed by atoms with Gasteiger partial charge in [-0.2, -0.15) is 47.5 Å². The van der Waals surface area contributed by atoms with Gasteiger partial charge in [0.25, 0.3) is 56.7 Å². The van der Waals surface area contributed by atoms with Crippen LogP contribution in [0, 0.1) is 19.7 Å². The zero-order valence-electron chi connectivity index (χ0n) is 74.8. The highest BCUT2D eigenvalue weighted by Crippen LogP contribution is 2.31. The average Bonchev–Trinajstić information content (AvgIpc) is 1.66. The Labute approximate surface area is 779 Å². The van der Waals surface area contributed by atoms with Gasteiger partial charge in [0.15, 0.2) is 29.1 Å². The summed E-state index contributed by atoms with van der Waals surface area (Å²) < 4.78 is 35.5. The number of fused-ring (bicyclic) bond motifs is 5. The molecule has 0 atom stereocenters. The van der Waals surface area contributed by atoms with Crippen LogP contribution in [0.15, 0.2) is 290 Å². The zero-order chi connectivity index (χ0) is 94.2. The highest BCUT2D eigenvalue weighted by atomic mass is 35.5. The number of hydrogen-bond donors (Lipinski definition) is 10. The fraction of sp³-hybridized carbons (Fsp3) is 0.162. The number of rotatable bonds is 24. The number of H-pyrrole nitrogens is 5. The second-order valence-corrected chi connectivity index (χ2v) is 33.3. The second-order valence-electron chi connectivity index (χ2n) is 31.9. The maximum atomic E-state index is 13.1. The summed E-state index contributed by atoms with van der Waals surface area (Å²) in [5, 5.41) is 33.8. The first-order valence-electron chi connectivity index (χ1n) is 42.9. The molecule has 10 N–H and O–H groups in total. The van der Waals surface area contributed by atoms with Gasteiger partial charge in [0.2, 0.25) is 0 Å². The van der Waals surface area contributed by atoms with Crippen LogP contribution < -0.4 is 68.6 Å². The van der Waals surface area contributed by atoms with Gasteiger partial charge in [0, 0.05) is 74.7 Å². The molecule has 11 aromatic heterocycles. The van der Waals surface area contributed by atoms with E-state index in [0.717, 1.165) is 67.8 Å². The molecule has 0 saturated carbocycles. The number of ether oxygens (including phenoxy) is 3. The number of nitrogens with one attached hydrogen (secondary N) is 10. The molecule has 0 aliphatic carbocycles. The van der Waals surface area contributed by atoms with Crippen molar-refractivity contribution in [3.63, 3.8) is 0 Å². The van der Waals surface area contributed by atoms with Crippen LogP contribution in [0.2, 0.25) is 5.02 Å². The summed E-state index contributed by atoms with van der Waals surface area (Å²) in [4.78, 5) is 108. The molecule has 0 aliphatic heterocycles. The third-order valence-electron chi connectivity index (χ3n) is 21.4. The van der Waals surface area contributed by atoms with Crippen LogP contribution >= 0.6 is 22.9 Å². The number of nitrogens with zero attached hydrogens (tertiary/aromatic N) is 15. The van der Waals surface area contributed by atoms with Gasteiger partial charge < -0.3 is 40.8 Å². The number of aromatic nitrogens is 20. The number of halogens is 2. The van der Waals surface area contributed by atoms with Crippen LogP contribution in [-0.4, -0.2) is 119 Å². The Kier molecular flexibility index (Phi) is 28.0. The summed E-state index contributed by atoms with van der Waals surface area (Å²) in [5.41, 5.74) is 14.8. The molecule has 682 valence electrons. The normalized spacial score (nSPS) is 11.1. The van der Waals surface area contributed by atoms with Crippen molar-refractivity contribution < 1.29 is 18.6 Å². The first kappa shape index (κ1) is 91.4. The maximum Gasteiger partial charge on any atom is 0.274 e. The van der Waals surface area contributed by atoms with Crippen LogP contribution in [0.3, 0.4) is 0 Å². The highest BCUT2D eigenvalue weighted by molar-refractivity contribution is 7.13. The molecule has 33 nitrogen and oxygen atoms in total. The van der Waals surface area contributed by atoms with Crippen LogP contribution in [0.25, 0.3) is 85.1 Å². The van der Waals surface area contributed by atoms with Crippen molar-refractivity contribution in [2.45, 2.75) is 86.1 Å². The molecule has 0 radical (unpaired) electrons. The number of aromatic amines is 5. The quantitative estimate of drug-likeness (QED) is 0.0269. The summed E-state index contributed by atoms with van der Waals surface area (Å²) in [7, 11) is 4.81. The van der Waals surface area contributed by atoms with Crippen molar-refractivity contribution in [1.82, 2.24) is 97.9 Å². The van der Waals surface area contributed by atoms with E-state index in [4.69, 9.17) is 25.8 Å². The van der Waals surface area contributed by atoms with Crippen molar-refractivity contribution in [2.24, 2.45) is 0 Å². The molecule has 0 spiro atoms. The van der Waals surface area contributed by atoms with E-state index in [9.17, 15) is 28.4 Å². The molecule has 0 amide bonds. The molecule has 0 bridgehead atoms. The van der Waals surface area contributed by atoms with Gasteiger partial charge in [-0.15, -0.1) is 11.3 Å². The predicted molar refractivity (Wildman–Crippen MR) is 524 cm³/mol. The number of aryl methyl sites for hydroxylation is 3. The lowest BCUT2D eigenvalue weighted by molar-refractivity contribution is 0.415. The number of para-hydroxylation sites is 3. The SMILES string of the molecule is CCc1ccccc1NCc1cc(=O)n2[nH]c(-c3ccc(C(C)(C)C)cc3)nc2n1.COc1ccc(Cl)cc1NCc1cc(=O)n2[nH]c(-c3ccc(F)cc3)nc2n1.COc1ccc(NCc2cc(=O)n3[nH]c(-c4ccccc4)nc3n2)cc1.COc1ccccc1NCc1cc(=O)n2[nH]c(-c3cccs3)nc2n1.Cc1ccc(NCc2cc(=O)n3[nH]c(-c4ccccc4C)nc3n2)cc1. The minimum Gasteiger partial charge on any atom is -0.497 e. The van der Waals surface area contributed by atoms with Crippen LogP contribution in [0.1, 0.15) is 78.4 Å². The van der Waals surface area contributed by atoms with E-state index in [1.54, 1.807) is 69.1 Å². The Hall–Kier alpha value is -17.0. The smallest absolute Gasteiger partial charge is 0.274 e. The van der Waals surface area contributed by atoms with Gasteiger partial charge in [-0.25, -0.2) is 29.3 Å². The first-order valence-corrected chi connectivity index (χ1v) is 44.1. The summed E-state index contributed by atoms with van der Waals surface area (Å²) in [6.45, 7) is 14.7. The molecule has 36 heteroatoms. The molecule has 9 aromatic carbocycles. The number of hydrogen-bond acceptors (Lipinski definition) is 24. The van der Waals surface area contributed by atoms with Crippen molar-refractivity contribution >= 4 is 80.3 Å². The maximum absolute atomic E-state index is 13.1. The Morgan fingerprint density at radius 2 is 0.778 bits per heavy atom. The summed E-state index contributed by atoms with van der Waals surface area (Å²) >= 11 is 7.58. The molecule has 11 heterocycles. The largest absolute Gasteiger partial charge is 0.497 e. The lowest BCUT2D eigenvalue weighted by atomic mass is 9.87. The van der Waals surface area contributed by atoms with E-state index in [1.165, 1.54) is 75.7 Å². The van der Waals surface area contributed by atoms with Crippen LogP contribution in [-0.2, 0) is 44.6 Å². The molecule has 0 fully saturated rings. The highest BCUT2D eigenvalue weighted by Gasteiger charge is 2.20. The number of thiophene rings is 1. The Morgan fingerprint density at radius 1 is 0.378 bits per heavy atom. The minimum absolute atomic E-state index is 0.0865. The monoisotopic (exact) mass is 1850 g/mol. The Bertz CT molecular complexity index is 7860. The second kappa shape index (κ2) is 41.4. The summed E-state index contributed by atoms with van der Waals surface area (Å²) in [6.07, 6.45) is 0.940. The van der Waals surface area contributed by atoms with Gasteiger partial charge in [-0.3, -0.25) is 49.5 Å². The van der Waals surface area contributed by atoms with Gasteiger partial charge in [-0.1, -0.05) is 172 Å². The minimum atomic E-state index is -0.347.